The van der Waals surface area contributed by atoms with Crippen LogP contribution in [0.5, 0.6) is 0 Å². The van der Waals surface area contributed by atoms with Crippen molar-refractivity contribution in [3.63, 3.8) is 0 Å². The summed E-state index contributed by atoms with van der Waals surface area (Å²) < 4.78 is 0. The number of oxime groups is 1. The molecule has 0 heterocycles. The molecule has 0 aliphatic carbocycles. The Morgan fingerprint density at radius 1 is 1.46 bits per heavy atom. The van der Waals surface area contributed by atoms with Crippen LogP contribution in [0, 0.1) is 0 Å². The molecule has 3 heteroatoms. The quantitative estimate of drug-likeness (QED) is 0.437. The van der Waals surface area contributed by atoms with Crippen molar-refractivity contribution in [2.24, 2.45) is 5.16 Å². The smallest absolute Gasteiger partial charge is 0.106 e. The predicted octanol–water partition coefficient (Wildman–Crippen LogP) is 2.03. The van der Waals surface area contributed by atoms with Gasteiger partial charge in [0.25, 0.3) is 0 Å². The lowest BCUT2D eigenvalue weighted by Crippen LogP contribution is -2.03. The largest absolute Gasteiger partial charge is 0.399 e. The van der Waals surface area contributed by atoms with E-state index in [2.05, 4.69) is 5.16 Å². The number of rotatable bonds is 3. The Balaban J connectivity index is 3.05. The number of para-hydroxylation sites is 1. The van der Waals surface area contributed by atoms with Gasteiger partial charge in [-0.2, -0.15) is 0 Å². The van der Waals surface area contributed by atoms with Gasteiger partial charge in [0.15, 0.2) is 0 Å². The third-order valence-electron chi connectivity index (χ3n) is 1.81. The first-order valence-corrected chi connectivity index (χ1v) is 4.24. The molecule has 3 nitrogen and oxygen atoms in total. The summed E-state index contributed by atoms with van der Waals surface area (Å²) in [5, 5.41) is 3.91. The molecule has 0 unspecified atom stereocenters. The number of nitrogens with zero attached hydrogens (tertiary/aromatic N) is 1. The van der Waals surface area contributed by atoms with Crippen molar-refractivity contribution < 1.29 is 4.84 Å². The molecule has 1 aromatic rings. The van der Waals surface area contributed by atoms with Gasteiger partial charge in [-0.15, -0.1) is 0 Å². The van der Waals surface area contributed by atoms with Gasteiger partial charge in [0.05, 0.1) is 5.71 Å². The number of hydrogen-bond donors (Lipinski definition) is 1. The molecule has 1 aromatic carbocycles. The molecule has 0 saturated heterocycles. The van der Waals surface area contributed by atoms with E-state index in [0.717, 1.165) is 23.4 Å². The van der Waals surface area contributed by atoms with Crippen molar-refractivity contribution in [1.82, 2.24) is 0 Å². The molecular weight excluding hydrogens is 164 g/mol. The standard InChI is InChI=1S/C10H14N2O/c1-3-10(12-13-2)8-6-4-5-7-9(8)11/h4-7H,3,11H2,1-2H3/b12-10+. The molecule has 13 heavy (non-hydrogen) atoms. The van der Waals surface area contributed by atoms with Gasteiger partial charge in [-0.25, -0.2) is 0 Å². The maximum Gasteiger partial charge on any atom is 0.106 e. The molecule has 0 saturated carbocycles. The number of benzene rings is 1. The van der Waals surface area contributed by atoms with Crippen LogP contribution in [0.2, 0.25) is 0 Å². The molecular formula is C10H14N2O. The van der Waals surface area contributed by atoms with Crippen LogP contribution in [-0.2, 0) is 4.84 Å². The van der Waals surface area contributed by atoms with E-state index in [-0.39, 0.29) is 0 Å². The Morgan fingerprint density at radius 3 is 2.69 bits per heavy atom. The van der Waals surface area contributed by atoms with Crippen molar-refractivity contribution in [3.8, 4) is 0 Å². The van der Waals surface area contributed by atoms with Crippen LogP contribution >= 0.6 is 0 Å². The van der Waals surface area contributed by atoms with E-state index < -0.39 is 0 Å². The Kier molecular flexibility index (Phi) is 3.31. The molecule has 2 N–H and O–H groups in total. The van der Waals surface area contributed by atoms with Gasteiger partial charge in [-0.3, -0.25) is 0 Å². The molecule has 0 aromatic heterocycles. The average molecular weight is 178 g/mol. The van der Waals surface area contributed by atoms with Crippen LogP contribution in [0.4, 0.5) is 5.69 Å². The highest BCUT2D eigenvalue weighted by atomic mass is 16.6. The minimum absolute atomic E-state index is 0.736. The van der Waals surface area contributed by atoms with Crippen LogP contribution in [0.25, 0.3) is 0 Å². The lowest BCUT2D eigenvalue weighted by molar-refractivity contribution is 0.213. The van der Waals surface area contributed by atoms with E-state index in [9.17, 15) is 0 Å². The summed E-state index contributed by atoms with van der Waals surface area (Å²) in [5.41, 5.74) is 8.35. The third-order valence-corrected chi connectivity index (χ3v) is 1.81. The second kappa shape index (κ2) is 4.50. The van der Waals surface area contributed by atoms with Crippen LogP contribution in [0.1, 0.15) is 18.9 Å². The first-order chi connectivity index (χ1) is 6.29. The van der Waals surface area contributed by atoms with Crippen LogP contribution in [-0.4, -0.2) is 12.8 Å². The minimum Gasteiger partial charge on any atom is -0.399 e. The summed E-state index contributed by atoms with van der Waals surface area (Å²) in [6, 6.07) is 7.64. The number of nitrogens with two attached hydrogens (primary N) is 1. The van der Waals surface area contributed by atoms with Gasteiger partial charge in [0, 0.05) is 11.3 Å². The van der Waals surface area contributed by atoms with E-state index >= 15 is 0 Å². The van der Waals surface area contributed by atoms with Crippen molar-refractivity contribution in [3.05, 3.63) is 29.8 Å². The van der Waals surface area contributed by atoms with Gasteiger partial charge in [-0.05, 0) is 12.5 Å². The van der Waals surface area contributed by atoms with Crippen molar-refractivity contribution in [2.75, 3.05) is 12.8 Å². The molecule has 0 aliphatic heterocycles. The van der Waals surface area contributed by atoms with Crippen LogP contribution in [0.15, 0.2) is 29.4 Å². The molecule has 0 radical (unpaired) electrons. The maximum atomic E-state index is 5.79. The second-order valence-corrected chi connectivity index (χ2v) is 2.66. The highest BCUT2D eigenvalue weighted by molar-refractivity contribution is 6.04. The van der Waals surface area contributed by atoms with E-state index in [1.165, 1.54) is 7.11 Å². The van der Waals surface area contributed by atoms with Gasteiger partial charge in [0.2, 0.25) is 0 Å². The van der Waals surface area contributed by atoms with Crippen molar-refractivity contribution in [2.45, 2.75) is 13.3 Å². The Bertz CT molecular complexity index is 308. The summed E-state index contributed by atoms with van der Waals surface area (Å²) in [5.74, 6) is 0. The molecule has 0 amide bonds. The zero-order valence-electron chi connectivity index (χ0n) is 7.95. The molecule has 1 rings (SSSR count). The fraction of sp³-hybridized carbons (Fsp3) is 0.300. The molecule has 0 bridgehead atoms. The van der Waals surface area contributed by atoms with E-state index in [1.54, 1.807) is 0 Å². The topological polar surface area (TPSA) is 47.6 Å². The predicted molar refractivity (Wildman–Crippen MR) is 54.7 cm³/mol. The van der Waals surface area contributed by atoms with Crippen LogP contribution < -0.4 is 5.73 Å². The zero-order valence-corrected chi connectivity index (χ0v) is 7.95. The molecule has 0 fully saturated rings. The van der Waals surface area contributed by atoms with Gasteiger partial charge >= 0.3 is 0 Å². The van der Waals surface area contributed by atoms with Gasteiger partial charge in [0.1, 0.15) is 7.11 Å². The van der Waals surface area contributed by atoms with Gasteiger partial charge in [-0.1, -0.05) is 30.3 Å². The first kappa shape index (κ1) is 9.58. The number of nitrogen functional groups attached to an aromatic ring is 1. The lowest BCUT2D eigenvalue weighted by Gasteiger charge is -2.05. The van der Waals surface area contributed by atoms with Crippen molar-refractivity contribution >= 4 is 11.4 Å². The highest BCUT2D eigenvalue weighted by Crippen LogP contribution is 2.13. The number of anilines is 1. The number of hydrogen-bond acceptors (Lipinski definition) is 3. The summed E-state index contributed by atoms with van der Waals surface area (Å²) in [4.78, 5) is 4.74. The van der Waals surface area contributed by atoms with Crippen LogP contribution in [0.3, 0.4) is 0 Å². The third kappa shape index (κ3) is 2.21. The minimum atomic E-state index is 0.736. The molecule has 0 aliphatic rings. The summed E-state index contributed by atoms with van der Waals surface area (Å²) >= 11 is 0. The van der Waals surface area contributed by atoms with Gasteiger partial charge < -0.3 is 10.6 Å². The zero-order chi connectivity index (χ0) is 9.68. The molecule has 70 valence electrons. The summed E-state index contributed by atoms with van der Waals surface area (Å²) in [6.07, 6.45) is 0.808. The molecule has 0 atom stereocenters. The Hall–Kier alpha value is -1.51. The Morgan fingerprint density at radius 2 is 2.15 bits per heavy atom. The normalized spacial score (nSPS) is 11.4. The monoisotopic (exact) mass is 178 g/mol. The van der Waals surface area contributed by atoms with Crippen molar-refractivity contribution in [1.29, 1.82) is 0 Å². The SMILES string of the molecule is CC/C(=N\OC)c1ccccc1N. The second-order valence-electron chi connectivity index (χ2n) is 2.66. The highest BCUT2D eigenvalue weighted by Gasteiger charge is 2.04. The Labute approximate surface area is 78.2 Å². The summed E-state index contributed by atoms with van der Waals surface area (Å²) in [6.45, 7) is 2.02. The van der Waals surface area contributed by atoms with E-state index in [4.69, 9.17) is 10.6 Å². The lowest BCUT2D eigenvalue weighted by atomic mass is 10.1. The fourth-order valence-electron chi connectivity index (χ4n) is 1.17. The maximum absolute atomic E-state index is 5.79. The molecule has 0 spiro atoms. The van der Waals surface area contributed by atoms with E-state index in [1.807, 2.05) is 31.2 Å². The fourth-order valence-corrected chi connectivity index (χ4v) is 1.17. The first-order valence-electron chi connectivity index (χ1n) is 4.24. The summed E-state index contributed by atoms with van der Waals surface area (Å²) in [7, 11) is 1.54. The average Bonchev–Trinajstić information content (AvgIpc) is 2.16. The van der Waals surface area contributed by atoms with E-state index in [0.29, 0.717) is 0 Å².